The molecule has 0 bridgehead atoms. The first-order valence-electron chi connectivity index (χ1n) is 6.97. The lowest BCUT2D eigenvalue weighted by Crippen LogP contribution is -2.19. The first kappa shape index (κ1) is 16.1. The van der Waals surface area contributed by atoms with Crippen LogP contribution in [-0.2, 0) is 4.79 Å². The number of aromatic nitrogens is 3. The molecule has 0 aliphatic heterocycles. The number of rotatable bonds is 5. The monoisotopic (exact) mass is 346 g/mol. The summed E-state index contributed by atoms with van der Waals surface area (Å²) in [5, 5.41) is 12.7. The Morgan fingerprint density at radius 1 is 1.12 bits per heavy atom. The van der Waals surface area contributed by atoms with Crippen molar-refractivity contribution >= 4 is 23.4 Å². The van der Waals surface area contributed by atoms with E-state index in [4.69, 9.17) is 0 Å². The highest BCUT2D eigenvalue weighted by atomic mass is 32.2. The van der Waals surface area contributed by atoms with E-state index < -0.39 is 16.9 Å². The highest BCUT2D eigenvalue weighted by Crippen LogP contribution is 2.34. The molecule has 24 heavy (non-hydrogen) atoms. The Kier molecular flexibility index (Phi) is 4.85. The molecule has 0 aliphatic rings. The number of aromatic amines is 1. The molecule has 1 heterocycles. The molecule has 0 aliphatic carbocycles. The normalized spacial score (nSPS) is 11.9. The highest BCUT2D eigenvalue weighted by molar-refractivity contribution is 8.00. The maximum atomic E-state index is 13.3. The molecule has 0 saturated carbocycles. The Morgan fingerprint density at radius 2 is 1.92 bits per heavy atom. The number of nitrogens with one attached hydrogen (secondary N) is 2. The van der Waals surface area contributed by atoms with Crippen molar-refractivity contribution in [3.8, 4) is 0 Å². The zero-order valence-electron chi connectivity index (χ0n) is 12.2. The number of benzene rings is 2. The fraction of sp³-hybridized carbons (Fsp3) is 0.0625. The molecule has 0 spiro atoms. The minimum atomic E-state index is -1.02. The Labute approximate surface area is 140 Å². The molecule has 2 aromatic carbocycles. The van der Waals surface area contributed by atoms with E-state index in [1.165, 1.54) is 24.0 Å². The zero-order valence-corrected chi connectivity index (χ0v) is 13.1. The molecule has 0 saturated heterocycles. The summed E-state index contributed by atoms with van der Waals surface area (Å²) in [5.74, 6) is -2.36. The zero-order chi connectivity index (χ0) is 16.9. The topological polar surface area (TPSA) is 70.7 Å². The standard InChI is InChI=1S/C16H12F2N4OS/c17-12-7-6-11(8-13(12)18)20-16(23)15(10-4-2-1-3-5-10)24-14-9-19-22-21-14/h1-9,15H,(H,20,23)(H,19,21,22). The minimum absolute atomic E-state index is 0.181. The maximum absolute atomic E-state index is 13.3. The van der Waals surface area contributed by atoms with Crippen molar-refractivity contribution in [1.29, 1.82) is 0 Å². The summed E-state index contributed by atoms with van der Waals surface area (Å²) in [4.78, 5) is 12.6. The molecule has 8 heteroatoms. The van der Waals surface area contributed by atoms with Gasteiger partial charge < -0.3 is 5.32 Å². The summed E-state index contributed by atoms with van der Waals surface area (Å²) in [5.41, 5.74) is 0.936. The molecule has 3 aromatic rings. The van der Waals surface area contributed by atoms with E-state index in [0.29, 0.717) is 5.03 Å². The van der Waals surface area contributed by atoms with Crippen LogP contribution in [0.25, 0.3) is 0 Å². The first-order chi connectivity index (χ1) is 11.6. The predicted octanol–water partition coefficient (Wildman–Crippen LogP) is 3.56. The van der Waals surface area contributed by atoms with E-state index in [2.05, 4.69) is 20.7 Å². The third-order valence-electron chi connectivity index (χ3n) is 3.16. The average Bonchev–Trinajstić information content (AvgIpc) is 3.10. The smallest absolute Gasteiger partial charge is 0.242 e. The highest BCUT2D eigenvalue weighted by Gasteiger charge is 2.23. The van der Waals surface area contributed by atoms with Crippen LogP contribution in [0.3, 0.4) is 0 Å². The molecule has 1 atom stereocenters. The Balaban J connectivity index is 1.84. The lowest BCUT2D eigenvalue weighted by molar-refractivity contribution is -0.115. The Morgan fingerprint density at radius 3 is 2.58 bits per heavy atom. The van der Waals surface area contributed by atoms with E-state index in [1.807, 2.05) is 30.3 Å². The summed E-state index contributed by atoms with van der Waals surface area (Å²) >= 11 is 1.20. The van der Waals surface area contributed by atoms with Gasteiger partial charge in [0.2, 0.25) is 5.91 Å². The molecule has 5 nitrogen and oxygen atoms in total. The van der Waals surface area contributed by atoms with E-state index in [9.17, 15) is 13.6 Å². The van der Waals surface area contributed by atoms with Crippen molar-refractivity contribution in [3.05, 3.63) is 71.9 Å². The summed E-state index contributed by atoms with van der Waals surface area (Å²) < 4.78 is 26.3. The minimum Gasteiger partial charge on any atom is -0.325 e. The van der Waals surface area contributed by atoms with Gasteiger partial charge in [-0.1, -0.05) is 42.1 Å². The van der Waals surface area contributed by atoms with Crippen LogP contribution in [0.4, 0.5) is 14.5 Å². The number of halogens is 2. The third kappa shape index (κ3) is 3.77. The molecule has 0 radical (unpaired) electrons. The number of nitrogens with zero attached hydrogens (tertiary/aromatic N) is 2. The van der Waals surface area contributed by atoms with Crippen molar-refractivity contribution in [1.82, 2.24) is 15.4 Å². The second kappa shape index (κ2) is 7.22. The van der Waals surface area contributed by atoms with Gasteiger partial charge in [0.1, 0.15) is 10.3 Å². The number of hydrogen-bond acceptors (Lipinski definition) is 4. The van der Waals surface area contributed by atoms with Gasteiger partial charge in [-0.05, 0) is 17.7 Å². The van der Waals surface area contributed by atoms with Crippen LogP contribution in [0.2, 0.25) is 0 Å². The average molecular weight is 346 g/mol. The van der Waals surface area contributed by atoms with Crippen molar-refractivity contribution < 1.29 is 13.6 Å². The fourth-order valence-electron chi connectivity index (χ4n) is 2.05. The predicted molar refractivity (Wildman–Crippen MR) is 86.4 cm³/mol. The second-order valence-corrected chi connectivity index (χ2v) is 5.96. The van der Waals surface area contributed by atoms with E-state index >= 15 is 0 Å². The van der Waals surface area contributed by atoms with Crippen LogP contribution < -0.4 is 5.32 Å². The number of amides is 1. The largest absolute Gasteiger partial charge is 0.325 e. The van der Waals surface area contributed by atoms with Gasteiger partial charge in [-0.3, -0.25) is 4.79 Å². The van der Waals surface area contributed by atoms with Crippen LogP contribution in [-0.4, -0.2) is 21.3 Å². The van der Waals surface area contributed by atoms with E-state index in [-0.39, 0.29) is 11.6 Å². The Bertz CT molecular complexity index is 827. The number of H-pyrrole nitrogens is 1. The molecule has 2 N–H and O–H groups in total. The molecular formula is C16H12F2N4OS. The summed E-state index contributed by atoms with van der Waals surface area (Å²) in [6, 6.07) is 12.3. The summed E-state index contributed by atoms with van der Waals surface area (Å²) in [6.07, 6.45) is 1.51. The van der Waals surface area contributed by atoms with Gasteiger partial charge >= 0.3 is 0 Å². The van der Waals surface area contributed by atoms with Gasteiger partial charge in [0.25, 0.3) is 0 Å². The van der Waals surface area contributed by atoms with Crippen LogP contribution in [0.1, 0.15) is 10.8 Å². The number of anilines is 1. The Hall–Kier alpha value is -2.74. The quantitative estimate of drug-likeness (QED) is 0.693. The number of hydrogen-bond donors (Lipinski definition) is 2. The van der Waals surface area contributed by atoms with Gasteiger partial charge in [-0.2, -0.15) is 10.3 Å². The lowest BCUT2D eigenvalue weighted by atomic mass is 10.1. The molecule has 122 valence electrons. The van der Waals surface area contributed by atoms with Crippen molar-refractivity contribution in [3.63, 3.8) is 0 Å². The van der Waals surface area contributed by atoms with Crippen LogP contribution >= 0.6 is 11.8 Å². The number of carbonyl (C=O) groups excluding carboxylic acids is 1. The molecule has 1 aromatic heterocycles. The van der Waals surface area contributed by atoms with Crippen molar-refractivity contribution in [2.75, 3.05) is 5.32 Å². The SMILES string of the molecule is O=C(Nc1ccc(F)c(F)c1)C(Sc1cn[nH]n1)c1ccccc1. The molecule has 0 fully saturated rings. The molecule has 3 rings (SSSR count). The lowest BCUT2D eigenvalue weighted by Gasteiger charge is -2.15. The third-order valence-corrected chi connectivity index (χ3v) is 4.32. The molecule has 1 amide bonds. The van der Waals surface area contributed by atoms with Gasteiger partial charge in [0.15, 0.2) is 11.6 Å². The summed E-state index contributed by atoms with van der Waals surface area (Å²) in [7, 11) is 0. The van der Waals surface area contributed by atoms with Gasteiger partial charge in [-0.15, -0.1) is 5.10 Å². The summed E-state index contributed by atoms with van der Waals surface area (Å²) in [6.45, 7) is 0. The van der Waals surface area contributed by atoms with Crippen molar-refractivity contribution in [2.45, 2.75) is 10.3 Å². The van der Waals surface area contributed by atoms with Gasteiger partial charge in [0, 0.05) is 11.8 Å². The first-order valence-corrected chi connectivity index (χ1v) is 7.85. The molecular weight excluding hydrogens is 334 g/mol. The fourth-order valence-corrected chi connectivity index (χ4v) is 2.96. The van der Waals surface area contributed by atoms with Crippen molar-refractivity contribution in [2.24, 2.45) is 0 Å². The van der Waals surface area contributed by atoms with Gasteiger partial charge in [0.05, 0.1) is 6.20 Å². The van der Waals surface area contributed by atoms with Gasteiger partial charge in [-0.25, -0.2) is 8.78 Å². The number of thioether (sulfide) groups is 1. The second-order valence-electron chi connectivity index (χ2n) is 4.83. The van der Waals surface area contributed by atoms with Crippen LogP contribution in [0.5, 0.6) is 0 Å². The van der Waals surface area contributed by atoms with E-state index in [0.717, 1.165) is 17.7 Å². The van der Waals surface area contributed by atoms with E-state index in [1.54, 1.807) is 0 Å². The van der Waals surface area contributed by atoms with Crippen LogP contribution in [0.15, 0.2) is 59.8 Å². The maximum Gasteiger partial charge on any atom is 0.242 e. The van der Waals surface area contributed by atoms with Crippen LogP contribution in [0, 0.1) is 11.6 Å². The molecule has 1 unspecified atom stereocenters. The number of carbonyl (C=O) groups is 1.